The molecule has 2 N–H and O–H groups in total. The Kier molecular flexibility index (Phi) is 3.32. The molecule has 3 heteroatoms. The van der Waals surface area contributed by atoms with Crippen molar-refractivity contribution in [3.8, 4) is 11.1 Å². The van der Waals surface area contributed by atoms with Crippen LogP contribution in [0.4, 0.5) is 0 Å². The van der Waals surface area contributed by atoms with Gasteiger partial charge in [-0.1, -0.05) is 42.5 Å². The molecule has 2 aromatic rings. The van der Waals surface area contributed by atoms with Crippen LogP contribution in [-0.4, -0.2) is 17.2 Å². The number of rotatable bonds is 2. The summed E-state index contributed by atoms with van der Waals surface area (Å²) in [6, 6.07) is 13.6. The summed E-state index contributed by atoms with van der Waals surface area (Å²) < 4.78 is 0. The lowest BCUT2D eigenvalue weighted by atomic mass is 9.78. The van der Waals surface area contributed by atoms with E-state index in [0.29, 0.717) is 5.46 Å². The summed E-state index contributed by atoms with van der Waals surface area (Å²) in [7, 11) is -1.42. The minimum absolute atomic E-state index is 0.522. The van der Waals surface area contributed by atoms with Gasteiger partial charge in [0.15, 0.2) is 0 Å². The first kappa shape index (κ1) is 11.9. The Hall–Kier alpha value is -1.58. The molecule has 0 aromatic heterocycles. The van der Waals surface area contributed by atoms with Crippen molar-refractivity contribution in [2.75, 3.05) is 0 Å². The van der Waals surface area contributed by atoms with Gasteiger partial charge in [0.1, 0.15) is 0 Å². The molecule has 0 aliphatic carbocycles. The van der Waals surface area contributed by atoms with Crippen molar-refractivity contribution < 1.29 is 10.0 Å². The zero-order chi connectivity index (χ0) is 12.4. The molecular formula is C14H15BO2. The highest BCUT2D eigenvalue weighted by atomic mass is 16.4. The van der Waals surface area contributed by atoms with Crippen molar-refractivity contribution >= 4 is 12.6 Å². The molecule has 86 valence electrons. The molecule has 2 rings (SSSR count). The molecule has 2 nitrogen and oxygen atoms in total. The lowest BCUT2D eigenvalue weighted by Crippen LogP contribution is -2.29. The molecule has 17 heavy (non-hydrogen) atoms. The van der Waals surface area contributed by atoms with Gasteiger partial charge in [0.05, 0.1) is 0 Å². The maximum atomic E-state index is 9.21. The van der Waals surface area contributed by atoms with Gasteiger partial charge in [-0.2, -0.15) is 0 Å². The second-order valence-electron chi connectivity index (χ2n) is 4.26. The van der Waals surface area contributed by atoms with E-state index in [1.165, 1.54) is 5.56 Å². The van der Waals surface area contributed by atoms with E-state index < -0.39 is 7.12 Å². The molecule has 0 saturated heterocycles. The van der Waals surface area contributed by atoms with Crippen molar-refractivity contribution in [3.05, 3.63) is 53.6 Å². The van der Waals surface area contributed by atoms with Crippen LogP contribution >= 0.6 is 0 Å². The van der Waals surface area contributed by atoms with Crippen LogP contribution in [0.2, 0.25) is 0 Å². The first-order chi connectivity index (χ1) is 8.09. The van der Waals surface area contributed by atoms with Crippen LogP contribution in [-0.2, 0) is 0 Å². The van der Waals surface area contributed by atoms with Crippen LogP contribution in [0.3, 0.4) is 0 Å². The van der Waals surface area contributed by atoms with Crippen molar-refractivity contribution in [2.24, 2.45) is 0 Å². The summed E-state index contributed by atoms with van der Waals surface area (Å²) >= 11 is 0. The number of aryl methyl sites for hydroxylation is 2. The van der Waals surface area contributed by atoms with E-state index in [-0.39, 0.29) is 0 Å². The van der Waals surface area contributed by atoms with Crippen LogP contribution in [0.25, 0.3) is 11.1 Å². The van der Waals surface area contributed by atoms with Crippen LogP contribution < -0.4 is 5.46 Å². The Bertz CT molecular complexity index is 535. The Morgan fingerprint density at radius 3 is 2.12 bits per heavy atom. The number of hydrogen-bond acceptors (Lipinski definition) is 2. The van der Waals surface area contributed by atoms with Gasteiger partial charge in [0.2, 0.25) is 0 Å². The van der Waals surface area contributed by atoms with Crippen molar-refractivity contribution in [1.82, 2.24) is 0 Å². The van der Waals surface area contributed by atoms with Gasteiger partial charge in [0, 0.05) is 0 Å². The summed E-state index contributed by atoms with van der Waals surface area (Å²) in [5.74, 6) is 0. The Balaban J connectivity index is 2.59. The second-order valence-corrected chi connectivity index (χ2v) is 4.26. The molecule has 0 aliphatic heterocycles. The van der Waals surface area contributed by atoms with E-state index in [9.17, 15) is 10.0 Å². The predicted octanol–water partition coefficient (Wildman–Crippen LogP) is 1.65. The smallest absolute Gasteiger partial charge is 0.423 e. The number of hydrogen-bond donors (Lipinski definition) is 2. The fourth-order valence-electron chi connectivity index (χ4n) is 1.97. The lowest BCUT2D eigenvalue weighted by molar-refractivity contribution is 0.426. The van der Waals surface area contributed by atoms with Gasteiger partial charge in [-0.25, -0.2) is 0 Å². The van der Waals surface area contributed by atoms with Gasteiger partial charge >= 0.3 is 7.12 Å². The molecule has 0 saturated carbocycles. The minimum atomic E-state index is -1.42. The van der Waals surface area contributed by atoms with Gasteiger partial charge < -0.3 is 10.0 Å². The molecule has 0 amide bonds. The van der Waals surface area contributed by atoms with Crippen LogP contribution in [0, 0.1) is 13.8 Å². The number of benzene rings is 2. The van der Waals surface area contributed by atoms with Gasteiger partial charge in [-0.3, -0.25) is 0 Å². The van der Waals surface area contributed by atoms with E-state index in [1.54, 1.807) is 6.07 Å². The van der Waals surface area contributed by atoms with Crippen molar-refractivity contribution in [3.63, 3.8) is 0 Å². The topological polar surface area (TPSA) is 40.5 Å². The summed E-state index contributed by atoms with van der Waals surface area (Å²) in [5.41, 5.74) is 5.01. The van der Waals surface area contributed by atoms with Crippen LogP contribution in [0.5, 0.6) is 0 Å². The zero-order valence-electron chi connectivity index (χ0n) is 10.0. The fourth-order valence-corrected chi connectivity index (χ4v) is 1.97. The van der Waals surface area contributed by atoms with E-state index in [2.05, 4.69) is 13.0 Å². The molecule has 2 aromatic carbocycles. The largest absolute Gasteiger partial charge is 0.488 e. The average molecular weight is 226 g/mol. The second kappa shape index (κ2) is 4.74. The molecule has 0 bridgehead atoms. The van der Waals surface area contributed by atoms with Crippen LogP contribution in [0.1, 0.15) is 11.1 Å². The van der Waals surface area contributed by atoms with Gasteiger partial charge in [0.25, 0.3) is 0 Å². The highest BCUT2D eigenvalue weighted by molar-refractivity contribution is 6.58. The third-order valence-electron chi connectivity index (χ3n) is 3.00. The summed E-state index contributed by atoms with van der Waals surface area (Å²) in [5, 5.41) is 18.4. The highest BCUT2D eigenvalue weighted by Crippen LogP contribution is 2.25. The Labute approximate surface area is 102 Å². The van der Waals surface area contributed by atoms with Crippen molar-refractivity contribution in [1.29, 1.82) is 0 Å². The molecular weight excluding hydrogens is 211 g/mol. The van der Waals surface area contributed by atoms with Crippen LogP contribution in [0.15, 0.2) is 42.5 Å². The first-order valence-electron chi connectivity index (χ1n) is 5.62. The molecule has 0 atom stereocenters. The standard InChI is InChI=1S/C14H15BO2/c1-10-5-3-4-6-13(10)14-9-12(15(16)17)8-7-11(14)2/h3-9,16-17H,1-2H3. The summed E-state index contributed by atoms with van der Waals surface area (Å²) in [6.45, 7) is 4.08. The SMILES string of the molecule is Cc1ccccc1-c1cc(B(O)O)ccc1C. The monoisotopic (exact) mass is 226 g/mol. The summed E-state index contributed by atoms with van der Waals surface area (Å²) in [4.78, 5) is 0. The molecule has 0 aliphatic rings. The van der Waals surface area contributed by atoms with E-state index in [0.717, 1.165) is 16.7 Å². The molecule has 0 heterocycles. The zero-order valence-corrected chi connectivity index (χ0v) is 10.0. The van der Waals surface area contributed by atoms with Crippen molar-refractivity contribution in [2.45, 2.75) is 13.8 Å². The quantitative estimate of drug-likeness (QED) is 0.764. The third kappa shape index (κ3) is 2.41. The maximum Gasteiger partial charge on any atom is 0.488 e. The molecule has 0 spiro atoms. The summed E-state index contributed by atoms with van der Waals surface area (Å²) in [6.07, 6.45) is 0. The Morgan fingerprint density at radius 2 is 1.47 bits per heavy atom. The third-order valence-corrected chi connectivity index (χ3v) is 3.00. The van der Waals surface area contributed by atoms with Gasteiger partial charge in [-0.15, -0.1) is 0 Å². The lowest BCUT2D eigenvalue weighted by Gasteiger charge is -2.11. The van der Waals surface area contributed by atoms with E-state index in [4.69, 9.17) is 0 Å². The molecule has 0 unspecified atom stereocenters. The Morgan fingerprint density at radius 1 is 0.824 bits per heavy atom. The maximum absolute atomic E-state index is 9.21. The van der Waals surface area contributed by atoms with E-state index >= 15 is 0 Å². The fraction of sp³-hybridized carbons (Fsp3) is 0.143. The average Bonchev–Trinajstić information content (AvgIpc) is 2.30. The normalized spacial score (nSPS) is 10.4. The molecule has 0 radical (unpaired) electrons. The predicted molar refractivity (Wildman–Crippen MR) is 71.2 cm³/mol. The van der Waals surface area contributed by atoms with Gasteiger partial charge in [-0.05, 0) is 41.6 Å². The first-order valence-corrected chi connectivity index (χ1v) is 5.62. The molecule has 0 fully saturated rings. The van der Waals surface area contributed by atoms with E-state index in [1.807, 2.05) is 37.3 Å². The highest BCUT2D eigenvalue weighted by Gasteiger charge is 2.13. The minimum Gasteiger partial charge on any atom is -0.423 e.